The first-order valence-corrected chi connectivity index (χ1v) is 5.29. The van der Waals surface area contributed by atoms with Crippen LogP contribution in [0.1, 0.15) is 30.5 Å². The molecule has 1 rings (SSSR count). The predicted octanol–water partition coefficient (Wildman–Crippen LogP) is 3.54. The van der Waals surface area contributed by atoms with Gasteiger partial charge in [0, 0.05) is 0 Å². The molecule has 0 atom stereocenters. The number of allylic oxidation sites excluding steroid dienone is 1. The fourth-order valence-electron chi connectivity index (χ4n) is 1.56. The maximum Gasteiger partial charge on any atom is 0.146 e. The molecular formula is C14H18O. The van der Waals surface area contributed by atoms with E-state index in [2.05, 4.69) is 26.0 Å². The molecule has 0 aromatic heterocycles. The van der Waals surface area contributed by atoms with Crippen LogP contribution in [-0.4, -0.2) is 6.29 Å². The summed E-state index contributed by atoms with van der Waals surface area (Å²) in [5, 5.41) is 0. The molecular weight excluding hydrogens is 184 g/mol. The van der Waals surface area contributed by atoms with E-state index in [0.29, 0.717) is 0 Å². The van der Waals surface area contributed by atoms with Crippen LogP contribution in [0.3, 0.4) is 0 Å². The Balaban J connectivity index is 3.22. The molecule has 0 spiro atoms. The molecule has 0 saturated carbocycles. The Bertz CT molecular complexity index is 366. The van der Waals surface area contributed by atoms with Crippen LogP contribution in [-0.2, 0) is 4.79 Å². The first-order chi connectivity index (χ1) is 7.06. The lowest BCUT2D eigenvalue weighted by molar-refractivity contribution is -0.105. The van der Waals surface area contributed by atoms with E-state index < -0.39 is 0 Å². The number of hydrogen-bond donors (Lipinski definition) is 0. The third-order valence-corrected chi connectivity index (χ3v) is 2.66. The van der Waals surface area contributed by atoms with Gasteiger partial charge in [-0.15, -0.1) is 0 Å². The summed E-state index contributed by atoms with van der Waals surface area (Å²) >= 11 is 0. The summed E-state index contributed by atoms with van der Waals surface area (Å²) in [7, 11) is 0. The van der Waals surface area contributed by atoms with Crippen LogP contribution in [0.25, 0.3) is 6.08 Å². The van der Waals surface area contributed by atoms with Gasteiger partial charge >= 0.3 is 0 Å². The van der Waals surface area contributed by atoms with Crippen LogP contribution in [0.5, 0.6) is 0 Å². The highest BCUT2D eigenvalue weighted by molar-refractivity contribution is 5.83. The van der Waals surface area contributed by atoms with E-state index >= 15 is 0 Å². The number of hydrogen-bond acceptors (Lipinski definition) is 1. The van der Waals surface area contributed by atoms with E-state index in [1.807, 2.05) is 26.0 Å². The summed E-state index contributed by atoms with van der Waals surface area (Å²) in [6, 6.07) is 6.18. The predicted molar refractivity (Wildman–Crippen MR) is 64.8 cm³/mol. The monoisotopic (exact) mass is 202 g/mol. The average molecular weight is 202 g/mol. The number of aldehydes is 1. The molecule has 0 aliphatic rings. The smallest absolute Gasteiger partial charge is 0.146 e. The van der Waals surface area contributed by atoms with Gasteiger partial charge < -0.3 is 0 Å². The SMILES string of the molecule is Cc1cccc(C)c1/C=C(\C=O)C(C)C. The van der Waals surface area contributed by atoms with Crippen molar-refractivity contribution >= 4 is 12.4 Å². The number of carbonyl (C=O) groups is 1. The zero-order valence-electron chi connectivity index (χ0n) is 9.87. The summed E-state index contributed by atoms with van der Waals surface area (Å²) in [5.74, 6) is 0.279. The Kier molecular flexibility index (Phi) is 3.84. The standard InChI is InChI=1S/C14H18O/c1-10(2)13(9-15)8-14-11(3)6-5-7-12(14)4/h5-10H,1-4H3/b13-8+. The Morgan fingerprint density at radius 3 is 2.13 bits per heavy atom. The summed E-state index contributed by atoms with van der Waals surface area (Å²) in [4.78, 5) is 10.9. The fraction of sp³-hybridized carbons (Fsp3) is 0.357. The van der Waals surface area contributed by atoms with Gasteiger partial charge in [-0.25, -0.2) is 0 Å². The van der Waals surface area contributed by atoms with E-state index in [1.165, 1.54) is 16.7 Å². The van der Waals surface area contributed by atoms with Gasteiger partial charge in [0.2, 0.25) is 0 Å². The molecule has 0 fully saturated rings. The minimum absolute atomic E-state index is 0.279. The van der Waals surface area contributed by atoms with Crippen LogP contribution in [0.2, 0.25) is 0 Å². The van der Waals surface area contributed by atoms with Crippen molar-refractivity contribution in [3.63, 3.8) is 0 Å². The van der Waals surface area contributed by atoms with Crippen LogP contribution < -0.4 is 0 Å². The van der Waals surface area contributed by atoms with Gasteiger partial charge in [-0.1, -0.05) is 32.0 Å². The highest BCUT2D eigenvalue weighted by atomic mass is 16.1. The van der Waals surface area contributed by atoms with Gasteiger partial charge in [-0.3, -0.25) is 4.79 Å². The molecule has 1 nitrogen and oxygen atoms in total. The average Bonchev–Trinajstić information content (AvgIpc) is 2.17. The first-order valence-electron chi connectivity index (χ1n) is 5.29. The van der Waals surface area contributed by atoms with Crippen LogP contribution in [0, 0.1) is 19.8 Å². The molecule has 15 heavy (non-hydrogen) atoms. The topological polar surface area (TPSA) is 17.1 Å². The van der Waals surface area contributed by atoms with Crippen molar-refractivity contribution < 1.29 is 4.79 Å². The van der Waals surface area contributed by atoms with E-state index in [-0.39, 0.29) is 5.92 Å². The molecule has 0 radical (unpaired) electrons. The van der Waals surface area contributed by atoms with E-state index in [4.69, 9.17) is 0 Å². The Hall–Kier alpha value is -1.37. The second-order valence-corrected chi connectivity index (χ2v) is 4.22. The molecule has 1 aromatic rings. The van der Waals surface area contributed by atoms with Gasteiger partial charge in [0.1, 0.15) is 6.29 Å². The van der Waals surface area contributed by atoms with Crippen molar-refractivity contribution in [3.05, 3.63) is 40.5 Å². The molecule has 0 unspecified atom stereocenters. The Labute approximate surface area is 91.8 Å². The highest BCUT2D eigenvalue weighted by Gasteiger charge is 2.04. The van der Waals surface area contributed by atoms with Gasteiger partial charge in [-0.2, -0.15) is 0 Å². The van der Waals surface area contributed by atoms with Gasteiger partial charge in [0.15, 0.2) is 0 Å². The third-order valence-electron chi connectivity index (χ3n) is 2.66. The summed E-state index contributed by atoms with van der Waals surface area (Å²) in [5.41, 5.74) is 4.46. The largest absolute Gasteiger partial charge is 0.298 e. The summed E-state index contributed by atoms with van der Waals surface area (Å²) in [6.07, 6.45) is 2.96. The van der Waals surface area contributed by atoms with Gasteiger partial charge in [-0.05, 0) is 48.1 Å². The molecule has 0 saturated heterocycles. The minimum Gasteiger partial charge on any atom is -0.298 e. The number of benzene rings is 1. The molecule has 0 bridgehead atoms. The number of aryl methyl sites for hydroxylation is 2. The molecule has 0 amide bonds. The normalized spacial score (nSPS) is 11.9. The minimum atomic E-state index is 0.279. The highest BCUT2D eigenvalue weighted by Crippen LogP contribution is 2.19. The molecule has 0 aliphatic heterocycles. The van der Waals surface area contributed by atoms with Crippen LogP contribution in [0.15, 0.2) is 23.8 Å². The summed E-state index contributed by atoms with van der Waals surface area (Å²) < 4.78 is 0. The number of rotatable bonds is 3. The lowest BCUT2D eigenvalue weighted by Crippen LogP contribution is -1.96. The molecule has 0 aliphatic carbocycles. The lowest BCUT2D eigenvalue weighted by Gasteiger charge is -2.08. The van der Waals surface area contributed by atoms with Crippen molar-refractivity contribution in [1.82, 2.24) is 0 Å². The van der Waals surface area contributed by atoms with Crippen LogP contribution in [0.4, 0.5) is 0 Å². The molecule has 1 aromatic carbocycles. The van der Waals surface area contributed by atoms with Gasteiger partial charge in [0.25, 0.3) is 0 Å². The van der Waals surface area contributed by atoms with Crippen molar-refractivity contribution in [2.45, 2.75) is 27.7 Å². The maximum atomic E-state index is 10.9. The molecule has 80 valence electrons. The molecule has 0 N–H and O–H groups in total. The van der Waals surface area contributed by atoms with Crippen molar-refractivity contribution in [1.29, 1.82) is 0 Å². The second-order valence-electron chi connectivity index (χ2n) is 4.22. The van der Waals surface area contributed by atoms with Crippen molar-refractivity contribution in [2.24, 2.45) is 5.92 Å². The lowest BCUT2D eigenvalue weighted by atomic mass is 9.96. The Morgan fingerprint density at radius 2 is 1.73 bits per heavy atom. The zero-order chi connectivity index (χ0) is 11.4. The maximum absolute atomic E-state index is 10.9. The van der Waals surface area contributed by atoms with E-state index in [1.54, 1.807) is 0 Å². The summed E-state index contributed by atoms with van der Waals surface area (Å²) in [6.45, 7) is 8.21. The first kappa shape index (κ1) is 11.7. The van der Waals surface area contributed by atoms with Crippen LogP contribution >= 0.6 is 0 Å². The number of carbonyl (C=O) groups excluding carboxylic acids is 1. The molecule has 1 heteroatoms. The quantitative estimate of drug-likeness (QED) is 0.541. The zero-order valence-corrected chi connectivity index (χ0v) is 9.87. The molecule has 0 heterocycles. The fourth-order valence-corrected chi connectivity index (χ4v) is 1.56. The Morgan fingerprint density at radius 1 is 1.20 bits per heavy atom. The van der Waals surface area contributed by atoms with Gasteiger partial charge in [0.05, 0.1) is 0 Å². The van der Waals surface area contributed by atoms with E-state index in [0.717, 1.165) is 11.9 Å². The van der Waals surface area contributed by atoms with Crippen molar-refractivity contribution in [2.75, 3.05) is 0 Å². The third kappa shape index (κ3) is 2.79. The van der Waals surface area contributed by atoms with Crippen molar-refractivity contribution in [3.8, 4) is 0 Å². The second kappa shape index (κ2) is 4.92. The van der Waals surface area contributed by atoms with E-state index in [9.17, 15) is 4.79 Å².